The van der Waals surface area contributed by atoms with Crippen LogP contribution < -0.4 is 5.32 Å². The van der Waals surface area contributed by atoms with Crippen molar-refractivity contribution in [2.45, 2.75) is 25.4 Å². The van der Waals surface area contributed by atoms with Crippen LogP contribution in [0, 0.1) is 0 Å². The predicted octanol–water partition coefficient (Wildman–Crippen LogP) is 2.27. The fraction of sp³-hybridized carbons (Fsp3) is 0.333. The van der Waals surface area contributed by atoms with Gasteiger partial charge < -0.3 is 10.1 Å². The number of thioether (sulfide) groups is 1. The van der Waals surface area contributed by atoms with E-state index in [0.29, 0.717) is 23.0 Å². The zero-order valence-corrected chi connectivity index (χ0v) is 13.8. The van der Waals surface area contributed by atoms with E-state index < -0.39 is 0 Å². The lowest BCUT2D eigenvalue weighted by atomic mass is 10.2. The predicted molar refractivity (Wildman–Crippen MR) is 87.5 cm³/mol. The molecule has 0 unspecified atom stereocenters. The van der Waals surface area contributed by atoms with Crippen LogP contribution in [0.2, 0.25) is 0 Å². The van der Waals surface area contributed by atoms with Gasteiger partial charge >= 0.3 is 5.97 Å². The molecule has 1 amide bonds. The Morgan fingerprint density at radius 2 is 2.00 bits per heavy atom. The van der Waals surface area contributed by atoms with Crippen LogP contribution in [0.3, 0.4) is 0 Å². The fourth-order valence-electron chi connectivity index (χ4n) is 1.73. The number of esters is 1. The van der Waals surface area contributed by atoms with Crippen molar-refractivity contribution in [1.29, 1.82) is 0 Å². The Balaban J connectivity index is 1.83. The average molecular weight is 334 g/mol. The number of rotatable bonds is 7. The molecule has 0 saturated heterocycles. The second kappa shape index (κ2) is 8.33. The molecule has 8 heteroatoms. The number of H-pyrrole nitrogens is 1. The highest BCUT2D eigenvalue weighted by Gasteiger charge is 2.09. The zero-order valence-electron chi connectivity index (χ0n) is 13.0. The Kier molecular flexibility index (Phi) is 6.16. The Hall–Kier alpha value is -2.35. The summed E-state index contributed by atoms with van der Waals surface area (Å²) in [4.78, 5) is 27.6. The minimum atomic E-state index is -0.378. The van der Waals surface area contributed by atoms with Gasteiger partial charge in [-0.05, 0) is 31.2 Å². The molecule has 122 valence electrons. The monoisotopic (exact) mass is 334 g/mol. The molecule has 2 rings (SSSR count). The Labute approximate surface area is 138 Å². The molecule has 1 heterocycles. The standard InChI is InChI=1S/C15H18N4O3S/c1-3-12-17-15(19-18-12)23-9-13(20)16-11-7-5-10(6-8-11)14(21)22-4-2/h5-8H,3-4,9H2,1-2H3,(H,16,20)(H,17,18,19). The summed E-state index contributed by atoms with van der Waals surface area (Å²) in [5.41, 5.74) is 1.07. The molecule has 0 spiro atoms. The molecular weight excluding hydrogens is 316 g/mol. The maximum Gasteiger partial charge on any atom is 0.338 e. The summed E-state index contributed by atoms with van der Waals surface area (Å²) in [6.45, 7) is 4.05. The van der Waals surface area contributed by atoms with Gasteiger partial charge in [0.1, 0.15) is 5.82 Å². The number of aryl methyl sites for hydroxylation is 1. The quantitative estimate of drug-likeness (QED) is 0.595. The van der Waals surface area contributed by atoms with Gasteiger partial charge in [0.05, 0.1) is 17.9 Å². The molecule has 0 aliphatic carbocycles. The number of benzene rings is 1. The SMILES string of the molecule is CCOC(=O)c1ccc(NC(=O)CSc2n[nH]c(CC)n2)cc1. The van der Waals surface area contributed by atoms with Crippen LogP contribution in [-0.2, 0) is 16.0 Å². The van der Waals surface area contributed by atoms with Crippen molar-refractivity contribution in [3.8, 4) is 0 Å². The largest absolute Gasteiger partial charge is 0.462 e. The van der Waals surface area contributed by atoms with Crippen molar-refractivity contribution in [1.82, 2.24) is 15.2 Å². The first-order chi connectivity index (χ1) is 11.1. The van der Waals surface area contributed by atoms with Gasteiger partial charge in [0, 0.05) is 12.1 Å². The van der Waals surface area contributed by atoms with Crippen LogP contribution in [0.25, 0.3) is 0 Å². The number of hydrogen-bond acceptors (Lipinski definition) is 6. The van der Waals surface area contributed by atoms with Crippen molar-refractivity contribution in [3.05, 3.63) is 35.7 Å². The summed E-state index contributed by atoms with van der Waals surface area (Å²) in [6.07, 6.45) is 0.770. The van der Waals surface area contributed by atoms with E-state index in [4.69, 9.17) is 4.74 Å². The Morgan fingerprint density at radius 3 is 2.61 bits per heavy atom. The highest BCUT2D eigenvalue weighted by molar-refractivity contribution is 7.99. The van der Waals surface area contributed by atoms with Crippen molar-refractivity contribution in [2.24, 2.45) is 0 Å². The summed E-state index contributed by atoms with van der Waals surface area (Å²) >= 11 is 1.26. The summed E-state index contributed by atoms with van der Waals surface area (Å²) < 4.78 is 4.90. The molecule has 2 N–H and O–H groups in total. The molecule has 7 nitrogen and oxygen atoms in total. The number of nitrogens with zero attached hydrogens (tertiary/aromatic N) is 2. The minimum Gasteiger partial charge on any atom is -0.462 e. The van der Waals surface area contributed by atoms with E-state index in [-0.39, 0.29) is 17.6 Å². The molecular formula is C15H18N4O3S. The Bertz CT molecular complexity index is 670. The fourth-order valence-corrected chi connectivity index (χ4v) is 2.35. The van der Waals surface area contributed by atoms with E-state index in [9.17, 15) is 9.59 Å². The molecule has 0 fully saturated rings. The minimum absolute atomic E-state index is 0.165. The summed E-state index contributed by atoms with van der Waals surface area (Å²) in [5, 5.41) is 10.1. The maximum absolute atomic E-state index is 11.9. The van der Waals surface area contributed by atoms with Gasteiger partial charge in [-0.1, -0.05) is 18.7 Å². The molecule has 1 aromatic carbocycles. The van der Waals surface area contributed by atoms with E-state index >= 15 is 0 Å². The second-order valence-electron chi connectivity index (χ2n) is 4.55. The molecule has 0 bridgehead atoms. The van der Waals surface area contributed by atoms with E-state index in [1.165, 1.54) is 11.8 Å². The number of aromatic nitrogens is 3. The lowest BCUT2D eigenvalue weighted by molar-refractivity contribution is -0.113. The second-order valence-corrected chi connectivity index (χ2v) is 5.50. The first-order valence-corrected chi connectivity index (χ1v) is 8.22. The highest BCUT2D eigenvalue weighted by atomic mass is 32.2. The summed E-state index contributed by atoms with van der Waals surface area (Å²) in [6, 6.07) is 6.56. The third-order valence-electron chi connectivity index (χ3n) is 2.86. The molecule has 1 aromatic heterocycles. The van der Waals surface area contributed by atoms with Crippen molar-refractivity contribution in [2.75, 3.05) is 17.7 Å². The molecule has 0 atom stereocenters. The normalized spacial score (nSPS) is 10.3. The summed E-state index contributed by atoms with van der Waals surface area (Å²) in [7, 11) is 0. The van der Waals surface area contributed by atoms with Crippen LogP contribution >= 0.6 is 11.8 Å². The third-order valence-corrected chi connectivity index (χ3v) is 3.71. The highest BCUT2D eigenvalue weighted by Crippen LogP contribution is 2.14. The van der Waals surface area contributed by atoms with Crippen molar-refractivity contribution >= 4 is 29.3 Å². The van der Waals surface area contributed by atoms with Gasteiger partial charge in [-0.15, -0.1) is 5.10 Å². The average Bonchev–Trinajstić information content (AvgIpc) is 3.02. The first-order valence-electron chi connectivity index (χ1n) is 7.23. The van der Waals surface area contributed by atoms with Crippen LogP contribution in [0.5, 0.6) is 0 Å². The summed E-state index contributed by atoms with van der Waals surface area (Å²) in [5.74, 6) is 0.460. The number of hydrogen-bond donors (Lipinski definition) is 2. The molecule has 2 aromatic rings. The van der Waals surface area contributed by atoms with Gasteiger partial charge in [0.15, 0.2) is 0 Å². The molecule has 0 aliphatic rings. The number of aromatic amines is 1. The lowest BCUT2D eigenvalue weighted by Crippen LogP contribution is -2.14. The number of nitrogens with one attached hydrogen (secondary N) is 2. The molecule has 0 radical (unpaired) electrons. The maximum atomic E-state index is 11.9. The van der Waals surface area contributed by atoms with E-state index in [1.54, 1.807) is 31.2 Å². The van der Waals surface area contributed by atoms with Crippen LogP contribution in [0.15, 0.2) is 29.4 Å². The van der Waals surface area contributed by atoms with Gasteiger partial charge in [-0.2, -0.15) is 0 Å². The van der Waals surface area contributed by atoms with Crippen LogP contribution in [-0.4, -0.2) is 39.4 Å². The third kappa shape index (κ3) is 5.10. The first kappa shape index (κ1) is 17.0. The number of carbonyl (C=O) groups is 2. The molecule has 23 heavy (non-hydrogen) atoms. The van der Waals surface area contributed by atoms with Crippen molar-refractivity contribution < 1.29 is 14.3 Å². The van der Waals surface area contributed by atoms with E-state index in [1.807, 2.05) is 6.92 Å². The topological polar surface area (TPSA) is 97.0 Å². The zero-order chi connectivity index (χ0) is 16.7. The van der Waals surface area contributed by atoms with E-state index in [0.717, 1.165) is 12.2 Å². The number of ether oxygens (including phenoxy) is 1. The van der Waals surface area contributed by atoms with Crippen LogP contribution in [0.1, 0.15) is 30.0 Å². The van der Waals surface area contributed by atoms with E-state index in [2.05, 4.69) is 20.5 Å². The van der Waals surface area contributed by atoms with Crippen LogP contribution in [0.4, 0.5) is 5.69 Å². The van der Waals surface area contributed by atoms with Gasteiger partial charge in [-0.25, -0.2) is 9.78 Å². The number of anilines is 1. The molecule has 0 saturated carbocycles. The smallest absolute Gasteiger partial charge is 0.338 e. The number of carbonyl (C=O) groups excluding carboxylic acids is 2. The van der Waals surface area contributed by atoms with Crippen molar-refractivity contribution in [3.63, 3.8) is 0 Å². The Morgan fingerprint density at radius 1 is 1.26 bits per heavy atom. The van der Waals surface area contributed by atoms with Gasteiger partial charge in [0.2, 0.25) is 11.1 Å². The molecule has 0 aliphatic heterocycles. The van der Waals surface area contributed by atoms with Gasteiger partial charge in [0.25, 0.3) is 0 Å². The lowest BCUT2D eigenvalue weighted by Gasteiger charge is -2.05. The van der Waals surface area contributed by atoms with Gasteiger partial charge in [-0.3, -0.25) is 9.89 Å². The number of amides is 1.